The second-order valence-corrected chi connectivity index (χ2v) is 7.37. The Kier molecular flexibility index (Phi) is 7.89. The van der Waals surface area contributed by atoms with Crippen molar-refractivity contribution in [3.63, 3.8) is 0 Å². The average Bonchev–Trinajstić information content (AvgIpc) is 3.07. The van der Waals surface area contributed by atoms with Gasteiger partial charge >= 0.3 is 6.03 Å². The van der Waals surface area contributed by atoms with E-state index in [2.05, 4.69) is 17.6 Å². The second-order valence-electron chi connectivity index (χ2n) is 6.59. The Morgan fingerprint density at radius 3 is 2.78 bits per heavy atom. The van der Waals surface area contributed by atoms with Crippen LogP contribution in [0.25, 0.3) is 0 Å². The highest BCUT2D eigenvalue weighted by atomic mass is 32.1. The minimum atomic E-state index is -0.0396. The molecule has 23 heavy (non-hydrogen) atoms. The Labute approximate surface area is 143 Å². The summed E-state index contributed by atoms with van der Waals surface area (Å²) in [5, 5.41) is 16.5. The Bertz CT molecular complexity index is 442. The van der Waals surface area contributed by atoms with Crippen molar-refractivity contribution in [3.8, 4) is 0 Å². The summed E-state index contributed by atoms with van der Waals surface area (Å²) >= 11 is 1.63. The molecule has 2 amide bonds. The molecule has 1 aliphatic carbocycles. The van der Waals surface area contributed by atoms with E-state index in [0.29, 0.717) is 19.1 Å². The lowest BCUT2D eigenvalue weighted by Crippen LogP contribution is -2.46. The lowest BCUT2D eigenvalue weighted by atomic mass is 9.83. The molecule has 0 radical (unpaired) electrons. The molecule has 1 heterocycles. The van der Waals surface area contributed by atoms with E-state index in [9.17, 15) is 9.90 Å². The van der Waals surface area contributed by atoms with Crippen LogP contribution in [0.3, 0.4) is 0 Å². The van der Waals surface area contributed by atoms with E-state index in [1.807, 2.05) is 11.4 Å². The molecule has 1 aliphatic rings. The van der Waals surface area contributed by atoms with Gasteiger partial charge in [-0.2, -0.15) is 11.3 Å². The molecular formula is C18H30N2O2S. The molecule has 1 aromatic heterocycles. The lowest BCUT2D eigenvalue weighted by molar-refractivity contribution is 0.165. The highest BCUT2D eigenvalue weighted by Crippen LogP contribution is 2.28. The number of nitrogens with zero attached hydrogens (tertiary/aromatic N) is 1. The van der Waals surface area contributed by atoms with Crippen molar-refractivity contribution in [2.24, 2.45) is 5.92 Å². The number of carbonyl (C=O) groups is 1. The highest BCUT2D eigenvalue weighted by molar-refractivity contribution is 7.07. The highest BCUT2D eigenvalue weighted by Gasteiger charge is 2.24. The number of aliphatic hydroxyl groups excluding tert-OH is 1. The Morgan fingerprint density at radius 1 is 1.39 bits per heavy atom. The van der Waals surface area contributed by atoms with Crippen LogP contribution >= 0.6 is 11.3 Å². The van der Waals surface area contributed by atoms with E-state index in [1.54, 1.807) is 16.2 Å². The number of carbonyl (C=O) groups excluding carboxylic acids is 1. The van der Waals surface area contributed by atoms with E-state index >= 15 is 0 Å². The zero-order chi connectivity index (χ0) is 16.5. The van der Waals surface area contributed by atoms with Crippen LogP contribution in [-0.4, -0.2) is 35.2 Å². The first-order chi connectivity index (χ1) is 11.2. The fourth-order valence-corrected chi connectivity index (χ4v) is 3.99. The predicted octanol–water partition coefficient (Wildman–Crippen LogP) is 4.00. The van der Waals surface area contributed by atoms with Crippen molar-refractivity contribution >= 4 is 17.4 Å². The molecule has 0 aromatic carbocycles. The molecule has 5 heteroatoms. The number of rotatable bonds is 8. The summed E-state index contributed by atoms with van der Waals surface area (Å²) in [6.07, 6.45) is 8.58. The largest absolute Gasteiger partial charge is 0.395 e. The zero-order valence-electron chi connectivity index (χ0n) is 14.2. The van der Waals surface area contributed by atoms with Crippen molar-refractivity contribution in [1.29, 1.82) is 0 Å². The van der Waals surface area contributed by atoms with Crippen molar-refractivity contribution in [2.45, 2.75) is 64.5 Å². The van der Waals surface area contributed by atoms with Crippen molar-refractivity contribution in [3.05, 3.63) is 22.4 Å². The number of nitrogens with one attached hydrogen (secondary N) is 1. The number of hydrogen-bond donors (Lipinski definition) is 2. The summed E-state index contributed by atoms with van der Waals surface area (Å²) in [4.78, 5) is 14.2. The average molecular weight is 339 g/mol. The maximum absolute atomic E-state index is 12.5. The Balaban J connectivity index is 1.77. The van der Waals surface area contributed by atoms with Gasteiger partial charge in [-0.05, 0) is 54.0 Å². The van der Waals surface area contributed by atoms with Crippen molar-refractivity contribution in [2.75, 3.05) is 13.2 Å². The summed E-state index contributed by atoms with van der Waals surface area (Å²) in [7, 11) is 0. The van der Waals surface area contributed by atoms with Crippen LogP contribution in [0, 0.1) is 5.92 Å². The molecule has 0 bridgehead atoms. The van der Waals surface area contributed by atoms with Crippen LogP contribution < -0.4 is 5.32 Å². The van der Waals surface area contributed by atoms with E-state index in [4.69, 9.17) is 0 Å². The van der Waals surface area contributed by atoms with E-state index in [0.717, 1.165) is 24.3 Å². The normalized spacial score (nSPS) is 21.1. The maximum atomic E-state index is 12.5. The first-order valence-corrected chi connectivity index (χ1v) is 9.84. The summed E-state index contributed by atoms with van der Waals surface area (Å²) in [5.74, 6) is 0.849. The molecule has 0 spiro atoms. The molecule has 130 valence electrons. The molecule has 0 atom stereocenters. The van der Waals surface area contributed by atoms with Crippen molar-refractivity contribution in [1.82, 2.24) is 10.2 Å². The number of urea groups is 1. The van der Waals surface area contributed by atoms with Crippen LogP contribution in [0.1, 0.15) is 57.4 Å². The van der Waals surface area contributed by atoms with Crippen LogP contribution in [-0.2, 0) is 6.54 Å². The molecule has 0 aliphatic heterocycles. The molecule has 4 nitrogen and oxygen atoms in total. The van der Waals surface area contributed by atoms with Gasteiger partial charge in [0.25, 0.3) is 0 Å². The van der Waals surface area contributed by atoms with E-state index < -0.39 is 0 Å². The number of hydrogen-bond acceptors (Lipinski definition) is 3. The van der Waals surface area contributed by atoms with Gasteiger partial charge in [0.1, 0.15) is 0 Å². The molecule has 1 saturated carbocycles. The van der Waals surface area contributed by atoms with Gasteiger partial charge in [0, 0.05) is 19.1 Å². The quantitative estimate of drug-likeness (QED) is 0.753. The minimum Gasteiger partial charge on any atom is -0.395 e. The number of aliphatic hydroxyl groups is 1. The zero-order valence-corrected chi connectivity index (χ0v) is 15.0. The van der Waals surface area contributed by atoms with Crippen molar-refractivity contribution < 1.29 is 9.90 Å². The van der Waals surface area contributed by atoms with Gasteiger partial charge in [-0.15, -0.1) is 0 Å². The summed E-state index contributed by atoms with van der Waals surface area (Å²) < 4.78 is 0. The molecule has 0 saturated heterocycles. The van der Waals surface area contributed by atoms with Gasteiger partial charge in [0.15, 0.2) is 0 Å². The SMILES string of the molecule is CCCCC1CCC(NC(=O)N(CCO)Cc2ccsc2)CC1. The second kappa shape index (κ2) is 9.93. The molecular weight excluding hydrogens is 308 g/mol. The number of thiophene rings is 1. The van der Waals surface area contributed by atoms with Gasteiger partial charge in [0.2, 0.25) is 0 Å². The molecule has 2 N–H and O–H groups in total. The standard InChI is InChI=1S/C18H30N2O2S/c1-2-3-4-15-5-7-17(8-6-15)19-18(22)20(10-11-21)13-16-9-12-23-14-16/h9,12,14-15,17,21H,2-8,10-11,13H2,1H3,(H,19,22). The van der Waals surface area contributed by atoms with Gasteiger partial charge in [-0.25, -0.2) is 4.79 Å². The Morgan fingerprint density at radius 2 is 2.17 bits per heavy atom. The molecule has 0 unspecified atom stereocenters. The monoisotopic (exact) mass is 338 g/mol. The van der Waals surface area contributed by atoms with Gasteiger partial charge in [0.05, 0.1) is 6.61 Å². The third-order valence-electron chi connectivity index (χ3n) is 4.75. The third-order valence-corrected chi connectivity index (χ3v) is 5.48. The van der Waals surface area contributed by atoms with E-state index in [1.165, 1.54) is 32.1 Å². The van der Waals surface area contributed by atoms with Gasteiger partial charge in [-0.3, -0.25) is 0 Å². The number of amides is 2. The molecule has 2 rings (SSSR count). The predicted molar refractivity (Wildman–Crippen MR) is 95.6 cm³/mol. The first-order valence-electron chi connectivity index (χ1n) is 8.90. The van der Waals surface area contributed by atoms with Crippen LogP contribution in [0.15, 0.2) is 16.8 Å². The van der Waals surface area contributed by atoms with Crippen LogP contribution in [0.4, 0.5) is 4.79 Å². The Hall–Kier alpha value is -1.07. The molecule has 1 aromatic rings. The fourth-order valence-electron chi connectivity index (χ4n) is 3.33. The third kappa shape index (κ3) is 6.15. The first kappa shape index (κ1) is 18.3. The smallest absolute Gasteiger partial charge is 0.317 e. The van der Waals surface area contributed by atoms with E-state index in [-0.39, 0.29) is 12.6 Å². The van der Waals surface area contributed by atoms with Gasteiger partial charge < -0.3 is 15.3 Å². The van der Waals surface area contributed by atoms with Crippen LogP contribution in [0.2, 0.25) is 0 Å². The fraction of sp³-hybridized carbons (Fsp3) is 0.722. The maximum Gasteiger partial charge on any atom is 0.317 e. The van der Waals surface area contributed by atoms with Crippen LogP contribution in [0.5, 0.6) is 0 Å². The summed E-state index contributed by atoms with van der Waals surface area (Å²) in [6.45, 7) is 3.20. The summed E-state index contributed by atoms with van der Waals surface area (Å²) in [6, 6.07) is 2.28. The lowest BCUT2D eigenvalue weighted by Gasteiger charge is -2.31. The topological polar surface area (TPSA) is 52.6 Å². The summed E-state index contributed by atoms with van der Waals surface area (Å²) in [5.41, 5.74) is 1.13. The number of unbranched alkanes of at least 4 members (excludes halogenated alkanes) is 1. The molecule has 1 fully saturated rings. The van der Waals surface area contributed by atoms with Gasteiger partial charge in [-0.1, -0.05) is 26.2 Å². The minimum absolute atomic E-state index is 0.00131.